The van der Waals surface area contributed by atoms with E-state index in [9.17, 15) is 5.11 Å². The van der Waals surface area contributed by atoms with Gasteiger partial charge in [-0.25, -0.2) is 4.98 Å². The molecule has 4 rings (SSSR count). The van der Waals surface area contributed by atoms with Gasteiger partial charge in [-0.1, -0.05) is 17.9 Å². The number of hydrogen-bond donors (Lipinski definition) is 2. The van der Waals surface area contributed by atoms with Crippen LogP contribution in [0.4, 0.5) is 5.82 Å². The van der Waals surface area contributed by atoms with Crippen LogP contribution in [0.1, 0.15) is 31.2 Å². The van der Waals surface area contributed by atoms with Gasteiger partial charge in [0.15, 0.2) is 5.65 Å². The molecule has 28 heavy (non-hydrogen) atoms. The van der Waals surface area contributed by atoms with E-state index >= 15 is 0 Å². The number of phenols is 1. The van der Waals surface area contributed by atoms with E-state index in [1.54, 1.807) is 41.9 Å². The van der Waals surface area contributed by atoms with Crippen molar-refractivity contribution in [3.05, 3.63) is 65.4 Å². The smallest absolute Gasteiger partial charge is 0.157 e. The number of aromatic nitrogens is 3. The lowest BCUT2D eigenvalue weighted by molar-refractivity contribution is 0.475. The lowest BCUT2D eigenvalue weighted by atomic mass is 10.1. The maximum Gasteiger partial charge on any atom is 0.157 e. The van der Waals surface area contributed by atoms with Crippen LogP contribution in [0.5, 0.6) is 5.75 Å². The molecule has 0 saturated carbocycles. The molecule has 0 bridgehead atoms. The zero-order valence-electron chi connectivity index (χ0n) is 15.9. The first-order chi connectivity index (χ1) is 13.4. The number of nitrogens with one attached hydrogen (secondary N) is 1. The van der Waals surface area contributed by atoms with Crippen molar-refractivity contribution in [3.8, 4) is 28.2 Å². The highest BCUT2D eigenvalue weighted by Crippen LogP contribution is 2.34. The van der Waals surface area contributed by atoms with Crippen LogP contribution in [-0.2, 0) is 0 Å². The maximum absolute atomic E-state index is 9.57. The molecule has 0 atom stereocenters. The second-order valence-electron chi connectivity index (χ2n) is 7.45. The Bertz CT molecular complexity index is 1200. The van der Waals surface area contributed by atoms with Crippen molar-refractivity contribution in [1.82, 2.24) is 14.4 Å². The molecule has 0 spiro atoms. The van der Waals surface area contributed by atoms with Crippen molar-refractivity contribution in [2.45, 2.75) is 26.3 Å². The molecule has 0 aliphatic rings. The molecule has 5 nitrogen and oxygen atoms in total. The second kappa shape index (κ2) is 7.02. The van der Waals surface area contributed by atoms with E-state index in [4.69, 9.17) is 4.98 Å². The molecular weight excluding hydrogens is 368 g/mol. The van der Waals surface area contributed by atoms with Gasteiger partial charge < -0.3 is 10.4 Å². The van der Waals surface area contributed by atoms with E-state index in [2.05, 4.69) is 42.9 Å². The van der Waals surface area contributed by atoms with Gasteiger partial charge in [0.1, 0.15) is 17.3 Å². The lowest BCUT2D eigenvalue weighted by Crippen LogP contribution is -2.27. The summed E-state index contributed by atoms with van der Waals surface area (Å²) >= 11 is 1.59. The van der Waals surface area contributed by atoms with Gasteiger partial charge in [-0.3, -0.25) is 9.38 Å². The van der Waals surface area contributed by atoms with Gasteiger partial charge >= 0.3 is 0 Å². The van der Waals surface area contributed by atoms with Crippen LogP contribution in [0, 0.1) is 11.8 Å². The summed E-state index contributed by atoms with van der Waals surface area (Å²) in [7, 11) is 0. The van der Waals surface area contributed by atoms with Crippen LogP contribution in [0.2, 0.25) is 0 Å². The van der Waals surface area contributed by atoms with E-state index in [1.807, 2.05) is 28.8 Å². The summed E-state index contributed by atoms with van der Waals surface area (Å²) < 4.78 is 2.02. The number of thiophene rings is 1. The highest BCUT2D eigenvalue weighted by molar-refractivity contribution is 7.16. The molecule has 0 aliphatic carbocycles. The van der Waals surface area contributed by atoms with Gasteiger partial charge in [0.05, 0.1) is 16.0 Å². The number of aromatic hydroxyl groups is 1. The minimum Gasteiger partial charge on any atom is -0.508 e. The Morgan fingerprint density at radius 2 is 2.00 bits per heavy atom. The fraction of sp³-hybridized carbons (Fsp3) is 0.182. The van der Waals surface area contributed by atoms with Gasteiger partial charge in [-0.05, 0) is 51.1 Å². The highest BCUT2D eigenvalue weighted by atomic mass is 32.1. The van der Waals surface area contributed by atoms with Crippen molar-refractivity contribution in [2.24, 2.45) is 0 Å². The quantitative estimate of drug-likeness (QED) is 0.486. The van der Waals surface area contributed by atoms with Crippen molar-refractivity contribution in [1.29, 1.82) is 0 Å². The Kier molecular flexibility index (Phi) is 4.54. The van der Waals surface area contributed by atoms with Crippen LogP contribution in [-0.4, -0.2) is 25.0 Å². The maximum atomic E-state index is 9.57. The van der Waals surface area contributed by atoms with Crippen molar-refractivity contribution < 1.29 is 5.11 Å². The normalized spacial score (nSPS) is 11.2. The molecule has 0 aliphatic heterocycles. The number of imidazole rings is 1. The highest BCUT2D eigenvalue weighted by Gasteiger charge is 2.20. The Hall–Kier alpha value is -3.30. The lowest BCUT2D eigenvalue weighted by Gasteiger charge is -2.22. The summed E-state index contributed by atoms with van der Waals surface area (Å²) in [6, 6.07) is 11.0. The van der Waals surface area contributed by atoms with Gasteiger partial charge in [-0.2, -0.15) is 0 Å². The number of phenolic OH excluding ortho intramolecular Hbond substituents is 1. The zero-order chi connectivity index (χ0) is 19.7. The first-order valence-corrected chi connectivity index (χ1v) is 9.72. The van der Waals surface area contributed by atoms with E-state index in [-0.39, 0.29) is 11.3 Å². The summed E-state index contributed by atoms with van der Waals surface area (Å²) in [5.41, 5.74) is 2.36. The molecule has 0 saturated heterocycles. The zero-order valence-corrected chi connectivity index (χ0v) is 16.7. The topological polar surface area (TPSA) is 62.5 Å². The average molecular weight is 388 g/mol. The molecule has 4 aromatic rings. The molecule has 140 valence electrons. The molecule has 0 radical (unpaired) electrons. The third-order valence-electron chi connectivity index (χ3n) is 3.94. The molecule has 0 amide bonds. The number of benzene rings is 1. The monoisotopic (exact) mass is 388 g/mol. The third-order valence-corrected chi connectivity index (χ3v) is 4.95. The van der Waals surface area contributed by atoms with Crippen molar-refractivity contribution in [3.63, 3.8) is 0 Å². The molecule has 0 fully saturated rings. The number of fused-ring (bicyclic) bond motifs is 1. The molecule has 1 aromatic carbocycles. The summed E-state index contributed by atoms with van der Waals surface area (Å²) in [5, 5.41) is 13.1. The van der Waals surface area contributed by atoms with Gasteiger partial charge in [0.2, 0.25) is 0 Å². The third kappa shape index (κ3) is 3.85. The van der Waals surface area contributed by atoms with Crippen LogP contribution < -0.4 is 5.32 Å². The standard InChI is InChI=1S/C22H20N4OS/c1-22(2,3)25-21-20(24-19-14-23-11-12-26(19)21)18-10-9-17(28-18)8-7-15-5-4-6-16(27)13-15/h4-6,9-14,25,27H,1-3H3. The Morgan fingerprint density at radius 3 is 2.79 bits per heavy atom. The number of nitrogens with zero attached hydrogens (tertiary/aromatic N) is 3. The first-order valence-electron chi connectivity index (χ1n) is 8.90. The summed E-state index contributed by atoms with van der Waals surface area (Å²) in [4.78, 5) is 10.9. The SMILES string of the molecule is CC(C)(C)Nc1c(-c2ccc(C#Cc3cccc(O)c3)s2)nc2cnccn12. The Balaban J connectivity index is 1.73. The average Bonchev–Trinajstić information content (AvgIpc) is 3.24. The predicted molar refractivity (Wildman–Crippen MR) is 114 cm³/mol. The molecular formula is C22H20N4OS. The van der Waals surface area contributed by atoms with Gasteiger partial charge in [-0.15, -0.1) is 11.3 Å². The minimum atomic E-state index is -0.108. The second-order valence-corrected chi connectivity index (χ2v) is 8.54. The van der Waals surface area contributed by atoms with E-state index in [1.165, 1.54) is 0 Å². The Morgan fingerprint density at radius 1 is 1.14 bits per heavy atom. The first kappa shape index (κ1) is 18.1. The number of anilines is 1. The fourth-order valence-corrected chi connectivity index (χ4v) is 3.65. The van der Waals surface area contributed by atoms with Crippen molar-refractivity contribution >= 4 is 22.8 Å². The van der Waals surface area contributed by atoms with Crippen molar-refractivity contribution in [2.75, 3.05) is 5.32 Å². The van der Waals surface area contributed by atoms with Crippen LogP contribution >= 0.6 is 11.3 Å². The van der Waals surface area contributed by atoms with Gasteiger partial charge in [0.25, 0.3) is 0 Å². The molecule has 3 aromatic heterocycles. The van der Waals surface area contributed by atoms with E-state index in [0.717, 1.165) is 32.5 Å². The molecule has 2 N–H and O–H groups in total. The summed E-state index contributed by atoms with van der Waals surface area (Å²) in [6.45, 7) is 6.37. The predicted octanol–water partition coefficient (Wildman–Crippen LogP) is 4.77. The molecule has 3 heterocycles. The minimum absolute atomic E-state index is 0.108. The van der Waals surface area contributed by atoms with Crippen LogP contribution in [0.3, 0.4) is 0 Å². The molecule has 6 heteroatoms. The van der Waals surface area contributed by atoms with E-state index < -0.39 is 0 Å². The van der Waals surface area contributed by atoms with Crippen LogP contribution in [0.15, 0.2) is 55.0 Å². The Labute approximate surface area is 167 Å². The largest absolute Gasteiger partial charge is 0.508 e. The van der Waals surface area contributed by atoms with Crippen LogP contribution in [0.25, 0.3) is 16.2 Å². The van der Waals surface area contributed by atoms with Gasteiger partial charge in [0, 0.05) is 23.5 Å². The fourth-order valence-electron chi connectivity index (χ4n) is 2.80. The molecule has 0 unspecified atom stereocenters. The summed E-state index contributed by atoms with van der Waals surface area (Å²) in [5.74, 6) is 7.43. The number of rotatable bonds is 2. The number of hydrogen-bond acceptors (Lipinski definition) is 5. The van der Waals surface area contributed by atoms with E-state index in [0.29, 0.717) is 0 Å². The summed E-state index contributed by atoms with van der Waals surface area (Å²) in [6.07, 6.45) is 5.43.